The quantitative estimate of drug-likeness (QED) is 0.487. The number of carbonyl (C=O) groups excluding carboxylic acids is 2. The largest absolute Gasteiger partial charge is 0.366 e. The van der Waals surface area contributed by atoms with Gasteiger partial charge in [0.05, 0.1) is 24.5 Å². The van der Waals surface area contributed by atoms with Crippen molar-refractivity contribution < 1.29 is 14.0 Å². The van der Waals surface area contributed by atoms with Gasteiger partial charge >= 0.3 is 0 Å². The molecule has 2 fully saturated rings. The van der Waals surface area contributed by atoms with Gasteiger partial charge in [0.15, 0.2) is 0 Å². The second kappa shape index (κ2) is 10.8. The molecule has 9 heteroatoms. The predicted molar refractivity (Wildman–Crippen MR) is 137 cm³/mol. The standard InChI is InChI=1S/C25H34FN5O2S/c1-4-17-12-19(30-13-18(26)14-30)8-9-21(17)27-25(33)23-20(5-2)29-31(11-10-16-6-7-16)24(23)28-22(32)15-34-3/h8-9,12,16,18H,4-7,10-11,13-15H2,1-3H3,(H,27,33)(H,28,32). The van der Waals surface area contributed by atoms with Crippen LogP contribution in [0.2, 0.25) is 0 Å². The molecule has 2 amide bonds. The molecule has 2 aliphatic rings. The van der Waals surface area contributed by atoms with Gasteiger partial charge in [-0.1, -0.05) is 26.7 Å². The molecule has 0 unspecified atom stereocenters. The Balaban J connectivity index is 1.60. The molecule has 1 aliphatic heterocycles. The van der Waals surface area contributed by atoms with Crippen molar-refractivity contribution in [3.63, 3.8) is 0 Å². The molecule has 4 rings (SSSR count). The van der Waals surface area contributed by atoms with E-state index in [2.05, 4.69) is 10.6 Å². The van der Waals surface area contributed by atoms with Crippen LogP contribution >= 0.6 is 11.8 Å². The third-order valence-corrected chi connectivity index (χ3v) is 7.04. The van der Waals surface area contributed by atoms with Crippen LogP contribution in [0.1, 0.15) is 54.7 Å². The number of hydrogen-bond acceptors (Lipinski definition) is 5. The van der Waals surface area contributed by atoms with E-state index in [9.17, 15) is 14.0 Å². The van der Waals surface area contributed by atoms with Crippen molar-refractivity contribution in [3.05, 3.63) is 35.0 Å². The Labute approximate surface area is 204 Å². The number of aromatic nitrogens is 2. The van der Waals surface area contributed by atoms with Crippen LogP contribution in [0, 0.1) is 5.92 Å². The fourth-order valence-electron chi connectivity index (χ4n) is 4.31. The SMILES string of the molecule is CCc1cc(N2CC(F)C2)ccc1NC(=O)c1c(CC)nn(CCC2CC2)c1NC(=O)CSC. The van der Waals surface area contributed by atoms with Gasteiger partial charge in [0.2, 0.25) is 5.91 Å². The lowest BCUT2D eigenvalue weighted by atomic mass is 10.1. The van der Waals surface area contributed by atoms with E-state index in [-0.39, 0.29) is 11.8 Å². The second-order valence-corrected chi connectivity index (χ2v) is 9.98. The molecule has 1 aliphatic carbocycles. The number of carbonyl (C=O) groups is 2. The minimum absolute atomic E-state index is 0.143. The Morgan fingerprint density at radius 1 is 1.18 bits per heavy atom. The highest BCUT2D eigenvalue weighted by Crippen LogP contribution is 2.34. The van der Waals surface area contributed by atoms with Crippen LogP contribution in [-0.4, -0.2) is 52.9 Å². The van der Waals surface area contributed by atoms with Crippen molar-refractivity contribution in [2.75, 3.05) is 40.6 Å². The zero-order chi connectivity index (χ0) is 24.2. The lowest BCUT2D eigenvalue weighted by Gasteiger charge is -2.36. The van der Waals surface area contributed by atoms with Gasteiger partial charge in [-0.15, -0.1) is 0 Å². The first-order valence-corrected chi connectivity index (χ1v) is 13.5. The van der Waals surface area contributed by atoms with E-state index in [1.807, 2.05) is 43.2 Å². The van der Waals surface area contributed by atoms with E-state index in [0.29, 0.717) is 54.8 Å². The Morgan fingerprint density at radius 2 is 1.94 bits per heavy atom. The summed E-state index contributed by atoms with van der Waals surface area (Å²) in [6.45, 7) is 5.50. The Bertz CT molecular complexity index is 1050. The number of aryl methyl sites for hydroxylation is 3. The summed E-state index contributed by atoms with van der Waals surface area (Å²) in [5.74, 6) is 1.10. The number of nitrogens with zero attached hydrogens (tertiary/aromatic N) is 3. The van der Waals surface area contributed by atoms with Crippen LogP contribution < -0.4 is 15.5 Å². The number of benzene rings is 1. The first-order chi connectivity index (χ1) is 16.4. The highest BCUT2D eigenvalue weighted by atomic mass is 32.2. The Hall–Kier alpha value is -2.55. The van der Waals surface area contributed by atoms with Crippen molar-refractivity contribution in [2.45, 2.75) is 58.7 Å². The maximum Gasteiger partial charge on any atom is 0.261 e. The highest BCUT2D eigenvalue weighted by Gasteiger charge is 2.28. The number of alkyl halides is 1. The highest BCUT2D eigenvalue weighted by molar-refractivity contribution is 7.99. The molecule has 1 aromatic carbocycles. The van der Waals surface area contributed by atoms with Crippen molar-refractivity contribution in [2.24, 2.45) is 5.92 Å². The van der Waals surface area contributed by atoms with Gasteiger partial charge in [-0.2, -0.15) is 16.9 Å². The summed E-state index contributed by atoms with van der Waals surface area (Å²) >= 11 is 1.44. The first-order valence-electron chi connectivity index (χ1n) is 12.1. The van der Waals surface area contributed by atoms with Gasteiger partial charge in [0.25, 0.3) is 5.91 Å². The number of thioether (sulfide) groups is 1. The van der Waals surface area contributed by atoms with Crippen molar-refractivity contribution in [3.8, 4) is 0 Å². The topological polar surface area (TPSA) is 79.3 Å². The molecule has 7 nitrogen and oxygen atoms in total. The van der Waals surface area contributed by atoms with Gasteiger partial charge in [0.1, 0.15) is 17.6 Å². The molecule has 1 aromatic heterocycles. The summed E-state index contributed by atoms with van der Waals surface area (Å²) in [7, 11) is 0. The number of hydrogen-bond donors (Lipinski definition) is 2. The summed E-state index contributed by atoms with van der Waals surface area (Å²) in [6, 6.07) is 5.82. The molecule has 2 aromatic rings. The zero-order valence-electron chi connectivity index (χ0n) is 20.2. The Kier molecular flexibility index (Phi) is 7.80. The maximum atomic E-state index is 13.5. The lowest BCUT2D eigenvalue weighted by Crippen LogP contribution is -2.48. The molecular weight excluding hydrogens is 453 g/mol. The minimum atomic E-state index is -0.770. The van der Waals surface area contributed by atoms with Crippen LogP contribution in [0.3, 0.4) is 0 Å². The monoisotopic (exact) mass is 487 g/mol. The fraction of sp³-hybridized carbons (Fsp3) is 0.560. The summed E-state index contributed by atoms with van der Waals surface area (Å²) in [6.07, 6.45) is 5.89. The molecule has 184 valence electrons. The normalized spacial score (nSPS) is 15.8. The second-order valence-electron chi connectivity index (χ2n) is 9.11. The summed E-state index contributed by atoms with van der Waals surface area (Å²) in [5.41, 5.74) is 3.79. The van der Waals surface area contributed by atoms with Crippen LogP contribution in [0.15, 0.2) is 18.2 Å². The van der Waals surface area contributed by atoms with Gasteiger partial charge in [-0.3, -0.25) is 9.59 Å². The van der Waals surface area contributed by atoms with Gasteiger partial charge < -0.3 is 15.5 Å². The van der Waals surface area contributed by atoms with E-state index in [1.54, 1.807) is 4.68 Å². The summed E-state index contributed by atoms with van der Waals surface area (Å²) in [5, 5.41) is 10.7. The fourth-order valence-corrected chi connectivity index (χ4v) is 4.64. The summed E-state index contributed by atoms with van der Waals surface area (Å²) < 4.78 is 15.1. The zero-order valence-corrected chi connectivity index (χ0v) is 21.0. The molecule has 0 spiro atoms. The van der Waals surface area contributed by atoms with E-state index in [4.69, 9.17) is 5.10 Å². The van der Waals surface area contributed by atoms with E-state index >= 15 is 0 Å². The number of amides is 2. The average molecular weight is 488 g/mol. The predicted octanol–water partition coefficient (Wildman–Crippen LogP) is 4.52. The lowest BCUT2D eigenvalue weighted by molar-refractivity contribution is -0.113. The molecule has 1 saturated heterocycles. The molecule has 0 atom stereocenters. The number of nitrogens with one attached hydrogen (secondary N) is 2. The van der Waals surface area contributed by atoms with Crippen LogP contribution in [0.5, 0.6) is 0 Å². The van der Waals surface area contributed by atoms with Crippen LogP contribution in [-0.2, 0) is 24.2 Å². The van der Waals surface area contributed by atoms with Crippen LogP contribution in [0.4, 0.5) is 21.6 Å². The van der Waals surface area contributed by atoms with Crippen LogP contribution in [0.25, 0.3) is 0 Å². The third-order valence-electron chi connectivity index (χ3n) is 6.49. The molecular formula is C25H34FN5O2S. The van der Waals surface area contributed by atoms with Crippen molar-refractivity contribution >= 4 is 40.8 Å². The Morgan fingerprint density at radius 3 is 2.56 bits per heavy atom. The van der Waals surface area contributed by atoms with Gasteiger partial charge in [-0.05, 0) is 55.2 Å². The number of rotatable bonds is 11. The summed E-state index contributed by atoms with van der Waals surface area (Å²) in [4.78, 5) is 28.0. The number of anilines is 3. The number of halogens is 1. The molecule has 2 heterocycles. The molecule has 0 bridgehead atoms. The minimum Gasteiger partial charge on any atom is -0.366 e. The maximum absolute atomic E-state index is 13.5. The molecule has 34 heavy (non-hydrogen) atoms. The van der Waals surface area contributed by atoms with Crippen molar-refractivity contribution in [1.82, 2.24) is 9.78 Å². The van der Waals surface area contributed by atoms with E-state index < -0.39 is 6.17 Å². The van der Waals surface area contributed by atoms with Gasteiger partial charge in [0, 0.05) is 17.9 Å². The first kappa shape index (κ1) is 24.6. The molecule has 1 saturated carbocycles. The smallest absolute Gasteiger partial charge is 0.261 e. The average Bonchev–Trinajstić information content (AvgIpc) is 3.57. The molecule has 2 N–H and O–H groups in total. The van der Waals surface area contributed by atoms with E-state index in [0.717, 1.165) is 29.8 Å². The van der Waals surface area contributed by atoms with Gasteiger partial charge in [-0.25, -0.2) is 9.07 Å². The van der Waals surface area contributed by atoms with E-state index in [1.165, 1.54) is 24.6 Å². The third kappa shape index (κ3) is 5.56. The molecule has 0 radical (unpaired) electrons. The van der Waals surface area contributed by atoms with Crippen molar-refractivity contribution in [1.29, 1.82) is 0 Å².